The van der Waals surface area contributed by atoms with E-state index in [1.165, 1.54) is 22.2 Å². The van der Waals surface area contributed by atoms with Crippen LogP contribution in [0.25, 0.3) is 21.3 Å². The van der Waals surface area contributed by atoms with Crippen LogP contribution in [0.4, 0.5) is 5.69 Å². The number of nitrogens with zero attached hydrogens (tertiary/aromatic N) is 2. The van der Waals surface area contributed by atoms with Crippen molar-refractivity contribution in [2.24, 2.45) is 0 Å². The number of halogens is 2. The molecule has 4 aromatic rings. The van der Waals surface area contributed by atoms with Gasteiger partial charge in [-0.25, -0.2) is 4.98 Å². The van der Waals surface area contributed by atoms with E-state index in [0.717, 1.165) is 26.0 Å². The molecule has 4 rings (SSSR count). The molecule has 1 unspecified atom stereocenters. The minimum atomic E-state index is -0.698. The Balaban J connectivity index is 1.79. The molecule has 0 aliphatic carbocycles. The van der Waals surface area contributed by atoms with Gasteiger partial charge in [-0.2, -0.15) is 0 Å². The fourth-order valence-corrected chi connectivity index (χ4v) is 5.19. The Hall–Kier alpha value is -2.48. The molecule has 2 aromatic carbocycles. The number of nitrogens with one attached hydrogen (secondary N) is 1. The molecule has 0 fully saturated rings. The van der Waals surface area contributed by atoms with Gasteiger partial charge >= 0.3 is 0 Å². The number of fused-ring (bicyclic) bond motifs is 1. The lowest BCUT2D eigenvalue weighted by Gasteiger charge is -2.18. The van der Waals surface area contributed by atoms with Crippen molar-refractivity contribution < 1.29 is 4.79 Å². The Bertz CT molecular complexity index is 1380. The Kier molecular flexibility index (Phi) is 6.51. The van der Waals surface area contributed by atoms with Gasteiger partial charge in [-0.05, 0) is 55.7 Å². The summed E-state index contributed by atoms with van der Waals surface area (Å²) in [5.74, 6) is -0.279. The minimum absolute atomic E-state index is 0.220. The molecule has 2 aromatic heterocycles. The lowest BCUT2D eigenvalue weighted by molar-refractivity contribution is -0.119. The third-order valence-electron chi connectivity index (χ3n) is 5.43. The number of carbonyl (C=O) groups excluding carboxylic acids is 1. The van der Waals surface area contributed by atoms with Gasteiger partial charge < -0.3 is 5.32 Å². The average Bonchev–Trinajstić information content (AvgIpc) is 3.10. The summed E-state index contributed by atoms with van der Waals surface area (Å²) in [5.41, 5.74) is 3.11. The van der Waals surface area contributed by atoms with Gasteiger partial charge in [0, 0.05) is 25.6 Å². The number of hydrogen-bond donors (Lipinski definition) is 1. The first-order valence-corrected chi connectivity index (χ1v) is 12.1. The number of carbonyl (C=O) groups is 1. The molecule has 32 heavy (non-hydrogen) atoms. The van der Waals surface area contributed by atoms with Crippen molar-refractivity contribution in [1.82, 2.24) is 9.55 Å². The van der Waals surface area contributed by atoms with Crippen molar-refractivity contribution in [3.8, 4) is 11.1 Å². The summed E-state index contributed by atoms with van der Waals surface area (Å²) in [6.07, 6.45) is 1.92. The molecular formula is C24H21BrClN3O2S. The molecule has 1 amide bonds. The molecule has 0 aliphatic heterocycles. The average molecular weight is 531 g/mol. The van der Waals surface area contributed by atoms with E-state index in [0.29, 0.717) is 27.3 Å². The van der Waals surface area contributed by atoms with E-state index in [4.69, 9.17) is 11.6 Å². The second-order valence-electron chi connectivity index (χ2n) is 7.55. The fourth-order valence-electron chi connectivity index (χ4n) is 3.76. The number of amides is 1. The highest BCUT2D eigenvalue weighted by Crippen LogP contribution is 2.36. The normalized spacial score (nSPS) is 12.2. The molecule has 0 spiro atoms. The largest absolute Gasteiger partial charge is 0.324 e. The van der Waals surface area contributed by atoms with E-state index >= 15 is 0 Å². The van der Waals surface area contributed by atoms with Crippen LogP contribution in [0.15, 0.2) is 58.1 Å². The Morgan fingerprint density at radius 2 is 1.94 bits per heavy atom. The Morgan fingerprint density at radius 3 is 2.62 bits per heavy atom. The van der Waals surface area contributed by atoms with Crippen molar-refractivity contribution in [3.63, 3.8) is 0 Å². The maximum Gasteiger partial charge on any atom is 0.263 e. The molecule has 0 saturated carbocycles. The highest BCUT2D eigenvalue weighted by atomic mass is 79.9. The first-order valence-electron chi connectivity index (χ1n) is 10.1. The van der Waals surface area contributed by atoms with Gasteiger partial charge in [0.15, 0.2) is 0 Å². The van der Waals surface area contributed by atoms with E-state index in [2.05, 4.69) is 26.2 Å². The summed E-state index contributed by atoms with van der Waals surface area (Å²) in [7, 11) is 0. The van der Waals surface area contributed by atoms with Crippen LogP contribution in [0.3, 0.4) is 0 Å². The van der Waals surface area contributed by atoms with Gasteiger partial charge in [-0.3, -0.25) is 14.2 Å². The predicted molar refractivity (Wildman–Crippen MR) is 136 cm³/mol. The van der Waals surface area contributed by atoms with Gasteiger partial charge in [0.2, 0.25) is 5.91 Å². The van der Waals surface area contributed by atoms with Crippen molar-refractivity contribution in [2.75, 3.05) is 5.32 Å². The summed E-state index contributed by atoms with van der Waals surface area (Å²) in [4.78, 5) is 33.0. The summed E-state index contributed by atoms with van der Waals surface area (Å²) in [6, 6.07) is 12.5. The molecule has 0 radical (unpaired) electrons. The van der Waals surface area contributed by atoms with Gasteiger partial charge in [-0.1, -0.05) is 52.7 Å². The van der Waals surface area contributed by atoms with Crippen molar-refractivity contribution >= 4 is 60.7 Å². The van der Waals surface area contributed by atoms with Crippen LogP contribution >= 0.6 is 38.9 Å². The summed E-state index contributed by atoms with van der Waals surface area (Å²) < 4.78 is 2.40. The van der Waals surface area contributed by atoms with E-state index in [1.54, 1.807) is 12.1 Å². The zero-order valence-corrected chi connectivity index (χ0v) is 20.9. The number of hydrogen-bond acceptors (Lipinski definition) is 4. The van der Waals surface area contributed by atoms with Crippen LogP contribution in [-0.2, 0) is 4.79 Å². The predicted octanol–water partition coefficient (Wildman–Crippen LogP) is 6.75. The lowest BCUT2D eigenvalue weighted by atomic mass is 10.0. The van der Waals surface area contributed by atoms with E-state index in [-0.39, 0.29) is 11.5 Å². The Morgan fingerprint density at radius 1 is 1.22 bits per heavy atom. The number of anilines is 1. The topological polar surface area (TPSA) is 64.0 Å². The highest BCUT2D eigenvalue weighted by molar-refractivity contribution is 9.10. The quantitative estimate of drug-likeness (QED) is 0.310. The first kappa shape index (κ1) is 22.7. The van der Waals surface area contributed by atoms with Crippen LogP contribution < -0.4 is 10.9 Å². The second-order valence-corrected chi connectivity index (χ2v) is 10.1. The molecule has 1 N–H and O–H groups in total. The molecule has 5 nitrogen and oxygen atoms in total. The van der Waals surface area contributed by atoms with Crippen molar-refractivity contribution in [2.45, 2.75) is 33.2 Å². The van der Waals surface area contributed by atoms with Crippen LogP contribution in [0.2, 0.25) is 5.02 Å². The summed E-state index contributed by atoms with van der Waals surface area (Å²) in [5, 5.41) is 4.00. The van der Waals surface area contributed by atoms with Crippen molar-refractivity contribution in [3.05, 3.63) is 79.1 Å². The van der Waals surface area contributed by atoms with E-state index in [1.807, 2.05) is 51.1 Å². The van der Waals surface area contributed by atoms with Crippen LogP contribution in [0, 0.1) is 13.8 Å². The van der Waals surface area contributed by atoms with Gasteiger partial charge in [0.25, 0.3) is 5.56 Å². The first-order chi connectivity index (χ1) is 15.3. The van der Waals surface area contributed by atoms with Gasteiger partial charge in [0.05, 0.1) is 11.7 Å². The Labute approximate surface area is 203 Å². The SMILES string of the molecule is CCC(C(=O)Nc1cc(Cl)ccc1C)n1cnc2sc(C)c(-c3ccc(Br)cc3)c2c1=O. The third kappa shape index (κ3) is 4.25. The molecule has 0 aliphatic rings. The standard InChI is InChI=1S/C24H21BrClN3O2S/c1-4-19(22(30)28-18-11-17(26)10-5-13(18)2)29-12-27-23-21(24(29)31)20(14(3)32-23)15-6-8-16(25)9-7-15/h5-12,19H,4H2,1-3H3,(H,28,30). The van der Waals surface area contributed by atoms with Crippen LogP contribution in [0.5, 0.6) is 0 Å². The van der Waals surface area contributed by atoms with Gasteiger partial charge in [-0.15, -0.1) is 11.3 Å². The van der Waals surface area contributed by atoms with Crippen LogP contribution in [-0.4, -0.2) is 15.5 Å². The lowest BCUT2D eigenvalue weighted by Crippen LogP contribution is -2.33. The van der Waals surface area contributed by atoms with Crippen LogP contribution in [0.1, 0.15) is 29.8 Å². The molecular weight excluding hydrogens is 510 g/mol. The number of benzene rings is 2. The zero-order chi connectivity index (χ0) is 23.0. The summed E-state index contributed by atoms with van der Waals surface area (Å²) in [6.45, 7) is 5.75. The maximum absolute atomic E-state index is 13.6. The monoisotopic (exact) mass is 529 g/mol. The minimum Gasteiger partial charge on any atom is -0.324 e. The maximum atomic E-state index is 13.6. The number of thiophene rings is 1. The molecule has 8 heteroatoms. The third-order valence-corrected chi connectivity index (χ3v) is 7.21. The molecule has 2 heterocycles. The van der Waals surface area contributed by atoms with Crippen molar-refractivity contribution in [1.29, 1.82) is 0 Å². The molecule has 0 bridgehead atoms. The van der Waals surface area contributed by atoms with Gasteiger partial charge in [0.1, 0.15) is 10.9 Å². The second kappa shape index (κ2) is 9.17. The number of rotatable bonds is 5. The molecule has 164 valence electrons. The van der Waals surface area contributed by atoms with E-state index in [9.17, 15) is 9.59 Å². The fraction of sp³-hybridized carbons (Fsp3) is 0.208. The molecule has 0 saturated heterocycles. The highest BCUT2D eigenvalue weighted by Gasteiger charge is 2.24. The van der Waals surface area contributed by atoms with E-state index < -0.39 is 6.04 Å². The smallest absolute Gasteiger partial charge is 0.263 e. The zero-order valence-electron chi connectivity index (χ0n) is 17.8. The summed E-state index contributed by atoms with van der Waals surface area (Å²) >= 11 is 11.0. The molecule has 1 atom stereocenters. The number of aryl methyl sites for hydroxylation is 2. The number of aromatic nitrogens is 2.